The molecule has 1 amide bonds. The van der Waals surface area contributed by atoms with Crippen molar-refractivity contribution in [2.75, 3.05) is 11.3 Å². The summed E-state index contributed by atoms with van der Waals surface area (Å²) in [6.07, 6.45) is 1.74. The van der Waals surface area contributed by atoms with Crippen LogP contribution in [-0.2, 0) is 25.0 Å². The highest BCUT2D eigenvalue weighted by atomic mass is 32.2. The summed E-state index contributed by atoms with van der Waals surface area (Å²) in [6, 6.07) is 11.5. The number of nitrogens with one attached hydrogen (secondary N) is 2. The van der Waals surface area contributed by atoms with Gasteiger partial charge in [-0.1, -0.05) is 58.4 Å². The number of carbonyl (C=O) groups excluding carboxylic acids is 2. The highest BCUT2D eigenvalue weighted by Crippen LogP contribution is 2.28. The van der Waals surface area contributed by atoms with Crippen LogP contribution in [0.25, 0.3) is 0 Å². The number of anilines is 1. The van der Waals surface area contributed by atoms with E-state index in [4.69, 9.17) is 4.74 Å². The summed E-state index contributed by atoms with van der Waals surface area (Å²) in [5, 5.41) is 2.76. The molecule has 2 aromatic carbocycles. The first-order valence-corrected chi connectivity index (χ1v) is 12.5. The van der Waals surface area contributed by atoms with Gasteiger partial charge in [0.05, 0.1) is 16.1 Å². The first-order chi connectivity index (χ1) is 15.3. The third kappa shape index (κ3) is 7.32. The summed E-state index contributed by atoms with van der Waals surface area (Å²) in [5.74, 6) is -1.19. The van der Waals surface area contributed by atoms with E-state index in [1.165, 1.54) is 12.1 Å². The molecule has 2 N–H and O–H groups in total. The lowest BCUT2D eigenvalue weighted by Crippen LogP contribution is -2.35. The minimum Gasteiger partial charge on any atom is -0.452 e. The van der Waals surface area contributed by atoms with Gasteiger partial charge < -0.3 is 10.1 Å². The number of aryl methyl sites for hydroxylation is 1. The molecule has 2 aromatic rings. The highest BCUT2D eigenvalue weighted by molar-refractivity contribution is 7.92. The van der Waals surface area contributed by atoms with Gasteiger partial charge in [0.15, 0.2) is 6.61 Å². The van der Waals surface area contributed by atoms with E-state index in [1.807, 2.05) is 40.7 Å². The Morgan fingerprint density at radius 2 is 1.76 bits per heavy atom. The van der Waals surface area contributed by atoms with Crippen LogP contribution in [0.2, 0.25) is 0 Å². The second-order valence-electron chi connectivity index (χ2n) is 9.21. The molecule has 1 unspecified atom stereocenters. The Morgan fingerprint density at radius 1 is 1.09 bits per heavy atom. The Kier molecular flexibility index (Phi) is 8.66. The van der Waals surface area contributed by atoms with Crippen LogP contribution in [0.3, 0.4) is 0 Å². The average Bonchev–Trinajstić information content (AvgIpc) is 2.71. The molecule has 0 bridgehead atoms. The molecule has 8 heteroatoms. The van der Waals surface area contributed by atoms with Crippen molar-refractivity contribution in [1.82, 2.24) is 5.32 Å². The molecule has 0 aliphatic rings. The van der Waals surface area contributed by atoms with Crippen molar-refractivity contribution in [2.45, 2.75) is 70.7 Å². The lowest BCUT2D eigenvalue weighted by molar-refractivity contribution is -0.124. The van der Waals surface area contributed by atoms with Gasteiger partial charge in [0.25, 0.3) is 15.9 Å². The third-order valence-electron chi connectivity index (χ3n) is 5.20. The molecule has 7 nitrogen and oxygen atoms in total. The van der Waals surface area contributed by atoms with Crippen LogP contribution in [0.5, 0.6) is 0 Å². The number of carbonyl (C=O) groups is 2. The number of rotatable bonds is 9. The molecule has 0 saturated carbocycles. The number of benzene rings is 2. The third-order valence-corrected chi connectivity index (χ3v) is 6.71. The van der Waals surface area contributed by atoms with E-state index in [2.05, 4.69) is 10.0 Å². The van der Waals surface area contributed by atoms with Gasteiger partial charge in [-0.3, -0.25) is 9.52 Å². The van der Waals surface area contributed by atoms with Crippen LogP contribution in [0.1, 0.15) is 68.9 Å². The van der Waals surface area contributed by atoms with Crippen molar-refractivity contribution < 1.29 is 22.7 Å². The van der Waals surface area contributed by atoms with E-state index in [0.29, 0.717) is 5.56 Å². The van der Waals surface area contributed by atoms with Crippen LogP contribution >= 0.6 is 0 Å². The minimum atomic E-state index is -3.97. The van der Waals surface area contributed by atoms with E-state index in [1.54, 1.807) is 31.2 Å². The minimum absolute atomic E-state index is 0.0209. The zero-order chi connectivity index (χ0) is 24.8. The quantitative estimate of drug-likeness (QED) is 0.519. The molecule has 0 fully saturated rings. The summed E-state index contributed by atoms with van der Waals surface area (Å²) in [5.41, 5.74) is 1.36. The molecule has 33 heavy (non-hydrogen) atoms. The van der Waals surface area contributed by atoms with E-state index >= 15 is 0 Å². The maximum absolute atomic E-state index is 13.2. The zero-order valence-corrected chi connectivity index (χ0v) is 21.0. The predicted octanol–water partition coefficient (Wildman–Crippen LogP) is 4.55. The van der Waals surface area contributed by atoms with Crippen LogP contribution < -0.4 is 10.0 Å². The maximum atomic E-state index is 13.2. The number of hydrogen-bond donors (Lipinski definition) is 2. The number of sulfonamides is 1. The Morgan fingerprint density at radius 3 is 2.39 bits per heavy atom. The van der Waals surface area contributed by atoms with Gasteiger partial charge in [-0.2, -0.15) is 0 Å². The van der Waals surface area contributed by atoms with Crippen LogP contribution in [0, 0.1) is 6.92 Å². The lowest BCUT2D eigenvalue weighted by Gasteiger charge is -2.21. The molecule has 0 aliphatic carbocycles. The topological polar surface area (TPSA) is 102 Å². The van der Waals surface area contributed by atoms with Crippen LogP contribution in [0.15, 0.2) is 47.4 Å². The predicted molar refractivity (Wildman–Crippen MR) is 130 cm³/mol. The molecular formula is C25H34N2O5S. The van der Waals surface area contributed by atoms with Gasteiger partial charge in [0.1, 0.15) is 0 Å². The molecule has 2 rings (SSSR count). The molecule has 180 valence electrons. The number of esters is 1. The van der Waals surface area contributed by atoms with Crippen molar-refractivity contribution in [3.05, 3.63) is 59.2 Å². The average molecular weight is 475 g/mol. The van der Waals surface area contributed by atoms with Gasteiger partial charge >= 0.3 is 5.97 Å². The molecule has 0 radical (unpaired) electrons. The van der Waals surface area contributed by atoms with Gasteiger partial charge in [-0.05, 0) is 55.0 Å². The second-order valence-corrected chi connectivity index (χ2v) is 10.9. The monoisotopic (exact) mass is 474 g/mol. The fourth-order valence-corrected chi connectivity index (χ4v) is 4.69. The molecule has 0 spiro atoms. The Labute approximate surface area is 197 Å². The summed E-state index contributed by atoms with van der Waals surface area (Å²) in [6.45, 7) is 11.2. The summed E-state index contributed by atoms with van der Waals surface area (Å²) >= 11 is 0. The Balaban J connectivity index is 2.22. The molecule has 1 atom stereocenters. The number of ether oxygens (including phenoxy) is 1. The summed E-state index contributed by atoms with van der Waals surface area (Å²) < 4.78 is 34.0. The highest BCUT2D eigenvalue weighted by Gasteiger charge is 2.24. The maximum Gasteiger partial charge on any atom is 0.340 e. The fraction of sp³-hybridized carbons (Fsp3) is 0.440. The Hall–Kier alpha value is -2.87. The standard InChI is InChI=1S/C25H34N2O5S/c1-7-10-18(3)26-23(28)16-32-24(29)20-11-8-9-12-21(20)27-33(30,31)22-15-19(25(4,5)6)14-13-17(22)2/h8-9,11-15,18,27H,7,10,16H2,1-6H3,(H,26,28). The van der Waals surface area contributed by atoms with Crippen molar-refractivity contribution in [3.8, 4) is 0 Å². The van der Waals surface area contributed by atoms with Gasteiger partial charge in [-0.15, -0.1) is 0 Å². The van der Waals surface area contributed by atoms with Crippen LogP contribution in [-0.4, -0.2) is 32.9 Å². The first-order valence-electron chi connectivity index (χ1n) is 11.0. The lowest BCUT2D eigenvalue weighted by atomic mass is 9.87. The molecule has 0 aromatic heterocycles. The van der Waals surface area contributed by atoms with Gasteiger partial charge in [0, 0.05) is 6.04 Å². The Bertz CT molecular complexity index is 1100. The van der Waals surface area contributed by atoms with Gasteiger partial charge in [-0.25, -0.2) is 13.2 Å². The van der Waals surface area contributed by atoms with E-state index in [9.17, 15) is 18.0 Å². The summed E-state index contributed by atoms with van der Waals surface area (Å²) in [4.78, 5) is 24.8. The van der Waals surface area contributed by atoms with E-state index < -0.39 is 28.5 Å². The largest absolute Gasteiger partial charge is 0.452 e. The summed E-state index contributed by atoms with van der Waals surface area (Å²) in [7, 11) is -3.97. The van der Waals surface area contributed by atoms with Crippen LogP contribution in [0.4, 0.5) is 5.69 Å². The normalized spacial score (nSPS) is 12.7. The van der Waals surface area contributed by atoms with Crippen molar-refractivity contribution in [2.24, 2.45) is 0 Å². The fourth-order valence-electron chi connectivity index (χ4n) is 3.34. The van der Waals surface area contributed by atoms with E-state index in [-0.39, 0.29) is 27.6 Å². The van der Waals surface area contributed by atoms with Crippen molar-refractivity contribution in [3.63, 3.8) is 0 Å². The second kappa shape index (κ2) is 10.8. The smallest absolute Gasteiger partial charge is 0.340 e. The van der Waals surface area contributed by atoms with Gasteiger partial charge in [0.2, 0.25) is 0 Å². The van der Waals surface area contributed by atoms with Crippen molar-refractivity contribution in [1.29, 1.82) is 0 Å². The number of para-hydroxylation sites is 1. The molecule has 0 heterocycles. The molecule has 0 aliphatic heterocycles. The van der Waals surface area contributed by atoms with E-state index in [0.717, 1.165) is 18.4 Å². The number of hydrogen-bond acceptors (Lipinski definition) is 5. The zero-order valence-electron chi connectivity index (χ0n) is 20.2. The van der Waals surface area contributed by atoms with Crippen molar-refractivity contribution >= 4 is 27.6 Å². The molecule has 0 saturated heterocycles. The SMILES string of the molecule is CCCC(C)NC(=O)COC(=O)c1ccccc1NS(=O)(=O)c1cc(C(C)(C)C)ccc1C. The number of amides is 1. The molecular weight excluding hydrogens is 440 g/mol. The first kappa shape index (κ1) is 26.4.